The summed E-state index contributed by atoms with van der Waals surface area (Å²) in [6.07, 6.45) is 0.112. The lowest BCUT2D eigenvalue weighted by Gasteiger charge is -2.25. The van der Waals surface area contributed by atoms with Crippen molar-refractivity contribution in [2.24, 2.45) is 5.92 Å². The number of amides is 2. The fourth-order valence-corrected chi connectivity index (χ4v) is 2.77. The molecule has 2 rings (SSSR count). The van der Waals surface area contributed by atoms with Gasteiger partial charge in [-0.1, -0.05) is 30.3 Å². The number of esters is 1. The maximum Gasteiger partial charge on any atom is 0.311 e. The second-order valence-corrected chi connectivity index (χ2v) is 5.98. The Kier molecular flexibility index (Phi) is 6.94. The summed E-state index contributed by atoms with van der Waals surface area (Å²) in [6, 6.07) is 9.55. The van der Waals surface area contributed by atoms with Crippen molar-refractivity contribution in [1.29, 1.82) is 0 Å². The summed E-state index contributed by atoms with van der Waals surface area (Å²) < 4.78 is 9.85. The van der Waals surface area contributed by atoms with Gasteiger partial charge in [0.15, 0.2) is 6.61 Å². The van der Waals surface area contributed by atoms with Gasteiger partial charge < -0.3 is 19.7 Å². The van der Waals surface area contributed by atoms with Crippen LogP contribution in [0.5, 0.6) is 0 Å². The van der Waals surface area contributed by atoms with Crippen LogP contribution in [0.3, 0.4) is 0 Å². The van der Waals surface area contributed by atoms with E-state index in [0.717, 1.165) is 5.56 Å². The second-order valence-electron chi connectivity index (χ2n) is 5.98. The van der Waals surface area contributed by atoms with Gasteiger partial charge in [0.2, 0.25) is 5.91 Å². The molecule has 1 fully saturated rings. The molecule has 2 amide bonds. The lowest BCUT2D eigenvalue weighted by molar-refractivity contribution is -0.152. The van der Waals surface area contributed by atoms with Crippen LogP contribution in [0.4, 0.5) is 0 Å². The van der Waals surface area contributed by atoms with E-state index in [2.05, 4.69) is 5.32 Å². The first-order valence-electron chi connectivity index (χ1n) is 8.29. The minimum absolute atomic E-state index is 0.0807. The summed E-state index contributed by atoms with van der Waals surface area (Å²) >= 11 is 0. The zero-order valence-corrected chi connectivity index (χ0v) is 14.6. The van der Waals surface area contributed by atoms with Gasteiger partial charge in [0.05, 0.1) is 18.6 Å². The third-order valence-corrected chi connectivity index (χ3v) is 4.22. The van der Waals surface area contributed by atoms with E-state index in [-0.39, 0.29) is 30.9 Å². The maximum atomic E-state index is 12.2. The average molecular weight is 348 g/mol. The zero-order valence-electron chi connectivity index (χ0n) is 14.6. The van der Waals surface area contributed by atoms with Crippen LogP contribution in [-0.2, 0) is 23.9 Å². The number of likely N-dealkylation sites (tertiary alicyclic amines) is 1. The summed E-state index contributed by atoms with van der Waals surface area (Å²) in [6.45, 7) is 2.64. The van der Waals surface area contributed by atoms with Crippen LogP contribution in [0.1, 0.15) is 24.9 Å². The van der Waals surface area contributed by atoms with Crippen LogP contribution in [0.25, 0.3) is 0 Å². The molecule has 1 aliphatic heterocycles. The van der Waals surface area contributed by atoms with Crippen molar-refractivity contribution in [3.63, 3.8) is 0 Å². The minimum atomic E-state index is -0.537. The van der Waals surface area contributed by atoms with Gasteiger partial charge in [-0.2, -0.15) is 0 Å². The number of ether oxygens (including phenoxy) is 2. The molecule has 1 aromatic rings. The highest BCUT2D eigenvalue weighted by Crippen LogP contribution is 2.28. The number of nitrogens with one attached hydrogen (secondary N) is 1. The maximum absolute atomic E-state index is 12.2. The number of methoxy groups -OCH3 is 1. The van der Waals surface area contributed by atoms with Gasteiger partial charge in [0, 0.05) is 26.6 Å². The molecule has 7 nitrogen and oxygen atoms in total. The lowest BCUT2D eigenvalue weighted by Crippen LogP contribution is -2.33. The Balaban J connectivity index is 1.83. The second kappa shape index (κ2) is 9.17. The van der Waals surface area contributed by atoms with Gasteiger partial charge in [0.25, 0.3) is 5.91 Å². The van der Waals surface area contributed by atoms with E-state index in [9.17, 15) is 14.4 Å². The van der Waals surface area contributed by atoms with Gasteiger partial charge in [0.1, 0.15) is 0 Å². The topological polar surface area (TPSA) is 84.9 Å². The van der Waals surface area contributed by atoms with Crippen molar-refractivity contribution in [2.45, 2.75) is 19.4 Å². The van der Waals surface area contributed by atoms with Crippen molar-refractivity contribution in [2.75, 3.05) is 33.4 Å². The molecule has 2 atom stereocenters. The summed E-state index contributed by atoms with van der Waals surface area (Å²) in [7, 11) is 1.53. The Bertz CT molecular complexity index is 605. The Morgan fingerprint density at radius 3 is 2.72 bits per heavy atom. The molecule has 1 aliphatic rings. The predicted octanol–water partition coefficient (Wildman–Crippen LogP) is 0.902. The van der Waals surface area contributed by atoms with E-state index in [1.165, 1.54) is 7.11 Å². The van der Waals surface area contributed by atoms with Gasteiger partial charge in [-0.05, 0) is 12.5 Å². The van der Waals surface area contributed by atoms with E-state index in [0.29, 0.717) is 19.7 Å². The molecular formula is C18H24N2O5. The third kappa shape index (κ3) is 5.29. The lowest BCUT2D eigenvalue weighted by atomic mass is 10.1. The molecule has 1 aromatic carbocycles. The van der Waals surface area contributed by atoms with Gasteiger partial charge >= 0.3 is 5.97 Å². The number of rotatable bonds is 8. The van der Waals surface area contributed by atoms with E-state index in [4.69, 9.17) is 9.47 Å². The molecule has 1 N–H and O–H groups in total. The Hall–Kier alpha value is -2.41. The normalized spacial score (nSPS) is 18.1. The zero-order chi connectivity index (χ0) is 18.2. The summed E-state index contributed by atoms with van der Waals surface area (Å²) in [5.41, 5.74) is 1.02. The van der Waals surface area contributed by atoms with Crippen LogP contribution in [0.15, 0.2) is 30.3 Å². The number of hydrogen-bond acceptors (Lipinski definition) is 5. The third-order valence-electron chi connectivity index (χ3n) is 4.22. The molecule has 25 heavy (non-hydrogen) atoms. The largest absolute Gasteiger partial charge is 0.455 e. The number of carbonyl (C=O) groups is 3. The smallest absolute Gasteiger partial charge is 0.311 e. The monoisotopic (exact) mass is 348 g/mol. The first kappa shape index (κ1) is 18.9. The molecular weight excluding hydrogens is 324 g/mol. The average Bonchev–Trinajstić information content (AvgIpc) is 3.02. The van der Waals surface area contributed by atoms with Gasteiger partial charge in [-0.3, -0.25) is 14.4 Å². The Labute approximate surface area is 147 Å². The molecule has 0 unspecified atom stereocenters. The molecule has 0 saturated carbocycles. The van der Waals surface area contributed by atoms with Crippen LogP contribution >= 0.6 is 0 Å². The quantitative estimate of drug-likeness (QED) is 0.557. The van der Waals surface area contributed by atoms with Crippen LogP contribution in [-0.4, -0.2) is 56.1 Å². The van der Waals surface area contributed by atoms with Gasteiger partial charge in [-0.25, -0.2) is 0 Å². The molecule has 0 aromatic heterocycles. The van der Waals surface area contributed by atoms with E-state index in [1.54, 1.807) is 4.90 Å². The van der Waals surface area contributed by atoms with Crippen molar-refractivity contribution >= 4 is 17.8 Å². The molecule has 0 radical (unpaired) electrons. The van der Waals surface area contributed by atoms with Crippen LogP contribution in [0, 0.1) is 5.92 Å². The highest BCUT2D eigenvalue weighted by molar-refractivity contribution is 5.88. The van der Waals surface area contributed by atoms with Crippen molar-refractivity contribution in [1.82, 2.24) is 10.2 Å². The van der Waals surface area contributed by atoms with Crippen molar-refractivity contribution in [3.8, 4) is 0 Å². The molecule has 1 heterocycles. The highest BCUT2D eigenvalue weighted by atomic mass is 16.5. The van der Waals surface area contributed by atoms with E-state index in [1.807, 2.05) is 37.3 Å². The van der Waals surface area contributed by atoms with E-state index < -0.39 is 11.9 Å². The van der Waals surface area contributed by atoms with Crippen molar-refractivity contribution in [3.05, 3.63) is 35.9 Å². The summed E-state index contributed by atoms with van der Waals surface area (Å²) in [5.74, 6) is -1.52. The standard InChI is InChI=1S/C18H24N2O5/c1-13(14-6-4-3-5-7-14)20-11-15(10-17(20)22)18(23)25-12-16(21)19-8-9-24-2/h3-7,13,15H,8-12H2,1-2H3,(H,19,21)/t13-,15+/m1/s1. The molecule has 0 bridgehead atoms. The SMILES string of the molecule is COCCNC(=O)COC(=O)[C@H]1CC(=O)N([C@H](C)c2ccccc2)C1. The Morgan fingerprint density at radius 2 is 2.04 bits per heavy atom. The number of nitrogens with zero attached hydrogens (tertiary/aromatic N) is 1. The molecule has 0 spiro atoms. The first-order valence-corrected chi connectivity index (χ1v) is 8.29. The predicted molar refractivity (Wildman–Crippen MR) is 90.5 cm³/mol. The fraction of sp³-hybridized carbons (Fsp3) is 0.500. The number of hydrogen-bond donors (Lipinski definition) is 1. The van der Waals surface area contributed by atoms with Crippen LogP contribution in [0.2, 0.25) is 0 Å². The molecule has 7 heteroatoms. The Morgan fingerprint density at radius 1 is 1.32 bits per heavy atom. The molecule has 0 aliphatic carbocycles. The highest BCUT2D eigenvalue weighted by Gasteiger charge is 2.38. The van der Waals surface area contributed by atoms with E-state index >= 15 is 0 Å². The molecule has 1 saturated heterocycles. The fourth-order valence-electron chi connectivity index (χ4n) is 2.77. The van der Waals surface area contributed by atoms with Gasteiger partial charge in [-0.15, -0.1) is 0 Å². The molecule has 136 valence electrons. The first-order chi connectivity index (χ1) is 12.0. The summed E-state index contributed by atoms with van der Waals surface area (Å²) in [4.78, 5) is 37.6. The van der Waals surface area contributed by atoms with Crippen molar-refractivity contribution < 1.29 is 23.9 Å². The minimum Gasteiger partial charge on any atom is -0.455 e. The number of carbonyl (C=O) groups excluding carboxylic acids is 3. The summed E-state index contributed by atoms with van der Waals surface area (Å²) in [5, 5.41) is 2.57. The van der Waals surface area contributed by atoms with Crippen LogP contribution < -0.4 is 5.32 Å². The number of benzene rings is 1.